The quantitative estimate of drug-likeness (QED) is 0.386. The van der Waals surface area contributed by atoms with Gasteiger partial charge in [0, 0.05) is 25.7 Å². The van der Waals surface area contributed by atoms with Gasteiger partial charge in [-0.25, -0.2) is 8.42 Å². The van der Waals surface area contributed by atoms with E-state index in [1.54, 1.807) is 0 Å². The predicted octanol–water partition coefficient (Wildman–Crippen LogP) is -0.325. The molecule has 2 rings (SSSR count). The fourth-order valence-corrected chi connectivity index (χ4v) is 3.69. The summed E-state index contributed by atoms with van der Waals surface area (Å²) in [6, 6.07) is -0.0467. The first kappa shape index (κ1) is 17.9. The molecular weight excluding hydrogens is 395 g/mol. The van der Waals surface area contributed by atoms with Crippen LogP contribution in [0.2, 0.25) is 0 Å². The lowest BCUT2D eigenvalue weighted by atomic mass is 10.2. The van der Waals surface area contributed by atoms with Crippen molar-refractivity contribution in [3.63, 3.8) is 0 Å². The summed E-state index contributed by atoms with van der Waals surface area (Å²) < 4.78 is 30.0. The minimum Gasteiger partial charge on any atom is -0.378 e. The Morgan fingerprint density at radius 3 is 2.60 bits per heavy atom. The molecule has 0 saturated carbocycles. The van der Waals surface area contributed by atoms with Crippen molar-refractivity contribution in [2.75, 3.05) is 45.6 Å². The number of aliphatic imine (C=N–C) groups is 1. The number of morpholine rings is 1. The molecule has 0 amide bonds. The van der Waals surface area contributed by atoms with Gasteiger partial charge in [-0.1, -0.05) is 0 Å². The Morgan fingerprint density at radius 1 is 1.35 bits per heavy atom. The molecule has 2 fully saturated rings. The number of nitrogens with zero attached hydrogens (tertiary/aromatic N) is 3. The molecule has 0 radical (unpaired) electrons. The molecule has 9 heteroatoms. The molecule has 0 aromatic heterocycles. The largest absolute Gasteiger partial charge is 0.378 e. The maximum Gasteiger partial charge on any atom is 0.211 e. The van der Waals surface area contributed by atoms with Crippen molar-refractivity contribution in [3.05, 3.63) is 0 Å². The third-order valence-electron chi connectivity index (χ3n) is 3.55. The van der Waals surface area contributed by atoms with E-state index in [1.807, 2.05) is 4.90 Å². The molecule has 0 aromatic carbocycles. The van der Waals surface area contributed by atoms with Crippen molar-refractivity contribution < 1.29 is 13.2 Å². The second-order valence-corrected chi connectivity index (χ2v) is 6.90. The SMILES string of the molecule is CS(=O)(=O)N1CCC[C@@H]1CN=C(N)N1CCOCC1.I. The van der Waals surface area contributed by atoms with Gasteiger partial charge in [-0.15, -0.1) is 24.0 Å². The van der Waals surface area contributed by atoms with E-state index in [0.717, 1.165) is 25.9 Å². The highest BCUT2D eigenvalue weighted by Crippen LogP contribution is 2.20. The van der Waals surface area contributed by atoms with Crippen LogP contribution in [0.3, 0.4) is 0 Å². The van der Waals surface area contributed by atoms with Crippen LogP contribution in [-0.4, -0.2) is 75.3 Å². The van der Waals surface area contributed by atoms with Gasteiger partial charge in [0.25, 0.3) is 0 Å². The Bertz CT molecular complexity index is 437. The molecule has 2 saturated heterocycles. The molecule has 2 heterocycles. The van der Waals surface area contributed by atoms with E-state index in [9.17, 15) is 8.42 Å². The van der Waals surface area contributed by atoms with E-state index in [1.165, 1.54) is 10.6 Å². The summed E-state index contributed by atoms with van der Waals surface area (Å²) in [5.41, 5.74) is 5.93. The number of guanidine groups is 1. The van der Waals surface area contributed by atoms with Gasteiger partial charge in [0.1, 0.15) is 0 Å². The monoisotopic (exact) mass is 418 g/mol. The van der Waals surface area contributed by atoms with Gasteiger partial charge < -0.3 is 15.4 Å². The summed E-state index contributed by atoms with van der Waals surface area (Å²) in [5, 5.41) is 0. The van der Waals surface area contributed by atoms with E-state index >= 15 is 0 Å². The lowest BCUT2D eigenvalue weighted by molar-refractivity contribution is 0.0674. The van der Waals surface area contributed by atoms with E-state index in [-0.39, 0.29) is 30.0 Å². The highest BCUT2D eigenvalue weighted by molar-refractivity contribution is 14.0. The van der Waals surface area contributed by atoms with Gasteiger partial charge in [-0.3, -0.25) is 4.99 Å². The Kier molecular flexibility index (Phi) is 6.95. The number of hydrogen-bond acceptors (Lipinski definition) is 4. The van der Waals surface area contributed by atoms with Crippen LogP contribution >= 0.6 is 24.0 Å². The van der Waals surface area contributed by atoms with Gasteiger partial charge in [0.15, 0.2) is 5.96 Å². The summed E-state index contributed by atoms with van der Waals surface area (Å²) in [6.07, 6.45) is 3.00. The van der Waals surface area contributed by atoms with E-state index in [0.29, 0.717) is 32.3 Å². The zero-order valence-corrected chi connectivity index (χ0v) is 14.8. The highest BCUT2D eigenvalue weighted by atomic mass is 127. The molecule has 0 aromatic rings. The lowest BCUT2D eigenvalue weighted by Crippen LogP contribution is -2.45. The summed E-state index contributed by atoms with van der Waals surface area (Å²) in [4.78, 5) is 6.33. The summed E-state index contributed by atoms with van der Waals surface area (Å²) in [5.74, 6) is 0.489. The highest BCUT2D eigenvalue weighted by Gasteiger charge is 2.31. The number of halogens is 1. The van der Waals surface area contributed by atoms with Crippen molar-refractivity contribution in [2.45, 2.75) is 18.9 Å². The van der Waals surface area contributed by atoms with E-state index < -0.39 is 10.0 Å². The summed E-state index contributed by atoms with van der Waals surface area (Å²) in [7, 11) is -3.13. The van der Waals surface area contributed by atoms with Crippen molar-refractivity contribution in [1.82, 2.24) is 9.21 Å². The lowest BCUT2D eigenvalue weighted by Gasteiger charge is -2.28. The predicted molar refractivity (Wildman–Crippen MR) is 88.9 cm³/mol. The van der Waals surface area contributed by atoms with Crippen LogP contribution < -0.4 is 5.73 Å². The van der Waals surface area contributed by atoms with E-state index in [4.69, 9.17) is 10.5 Å². The second kappa shape index (κ2) is 7.76. The Hall–Kier alpha value is -0.130. The molecule has 2 aliphatic heterocycles. The first-order valence-corrected chi connectivity index (χ1v) is 8.43. The maximum absolute atomic E-state index is 11.6. The molecule has 2 N–H and O–H groups in total. The van der Waals surface area contributed by atoms with Gasteiger partial charge in [0.05, 0.1) is 26.0 Å². The van der Waals surface area contributed by atoms with Gasteiger partial charge in [-0.05, 0) is 12.8 Å². The number of nitrogens with two attached hydrogens (primary N) is 1. The average molecular weight is 418 g/mol. The molecule has 118 valence electrons. The first-order valence-electron chi connectivity index (χ1n) is 6.58. The normalized spacial score (nSPS) is 25.6. The van der Waals surface area contributed by atoms with Gasteiger partial charge in [0.2, 0.25) is 10.0 Å². The molecular formula is C11H23IN4O3S. The van der Waals surface area contributed by atoms with Crippen LogP contribution in [0, 0.1) is 0 Å². The molecule has 1 atom stereocenters. The first-order chi connectivity index (χ1) is 8.98. The summed E-state index contributed by atoms with van der Waals surface area (Å²) >= 11 is 0. The van der Waals surface area contributed by atoms with Crippen LogP contribution in [0.4, 0.5) is 0 Å². The Labute approximate surface area is 137 Å². The van der Waals surface area contributed by atoms with Crippen LogP contribution in [0.25, 0.3) is 0 Å². The Balaban J connectivity index is 0.00000200. The van der Waals surface area contributed by atoms with Crippen LogP contribution in [0.15, 0.2) is 4.99 Å². The zero-order chi connectivity index (χ0) is 13.9. The molecule has 0 bridgehead atoms. The average Bonchev–Trinajstić information content (AvgIpc) is 2.85. The molecule has 0 spiro atoms. The zero-order valence-electron chi connectivity index (χ0n) is 11.7. The molecule has 0 aliphatic carbocycles. The van der Waals surface area contributed by atoms with Crippen molar-refractivity contribution in [2.24, 2.45) is 10.7 Å². The minimum absolute atomic E-state index is 0. The standard InChI is InChI=1S/C11H22N4O3S.HI/c1-19(16,17)15-4-2-3-10(15)9-13-11(12)14-5-7-18-8-6-14;/h10H,2-9H2,1H3,(H2,12,13);1H/t10-;/m1./s1. The topological polar surface area (TPSA) is 88.2 Å². The van der Waals surface area contributed by atoms with Crippen LogP contribution in [0.1, 0.15) is 12.8 Å². The molecule has 0 unspecified atom stereocenters. The van der Waals surface area contributed by atoms with Gasteiger partial charge in [-0.2, -0.15) is 4.31 Å². The number of rotatable bonds is 3. The fourth-order valence-electron chi connectivity index (χ4n) is 2.52. The van der Waals surface area contributed by atoms with Crippen molar-refractivity contribution >= 4 is 40.0 Å². The number of hydrogen-bond donors (Lipinski definition) is 1. The van der Waals surface area contributed by atoms with Crippen LogP contribution in [0.5, 0.6) is 0 Å². The van der Waals surface area contributed by atoms with Crippen molar-refractivity contribution in [1.29, 1.82) is 0 Å². The maximum atomic E-state index is 11.6. The summed E-state index contributed by atoms with van der Waals surface area (Å²) in [6.45, 7) is 3.85. The smallest absolute Gasteiger partial charge is 0.211 e. The second-order valence-electron chi connectivity index (χ2n) is 4.97. The number of sulfonamides is 1. The molecule has 2 aliphatic rings. The third kappa shape index (κ3) is 4.71. The molecule has 7 nitrogen and oxygen atoms in total. The van der Waals surface area contributed by atoms with Crippen molar-refractivity contribution in [3.8, 4) is 0 Å². The number of ether oxygens (including phenoxy) is 1. The molecule has 20 heavy (non-hydrogen) atoms. The Morgan fingerprint density at radius 2 is 2.00 bits per heavy atom. The fraction of sp³-hybridized carbons (Fsp3) is 0.909. The van der Waals surface area contributed by atoms with Crippen LogP contribution in [-0.2, 0) is 14.8 Å². The van der Waals surface area contributed by atoms with Gasteiger partial charge >= 0.3 is 0 Å². The third-order valence-corrected chi connectivity index (χ3v) is 4.88. The van der Waals surface area contributed by atoms with E-state index in [2.05, 4.69) is 4.99 Å². The minimum atomic E-state index is -3.13.